The summed E-state index contributed by atoms with van der Waals surface area (Å²) in [6.07, 6.45) is 4.96. The minimum absolute atomic E-state index is 0.0182. The molecule has 0 radical (unpaired) electrons. The van der Waals surface area contributed by atoms with Crippen molar-refractivity contribution < 1.29 is 18.1 Å². The Hall–Kier alpha value is -2.98. The lowest BCUT2D eigenvalue weighted by molar-refractivity contribution is -0.384. The Labute approximate surface area is 188 Å². The van der Waals surface area contributed by atoms with Gasteiger partial charge in [-0.1, -0.05) is 31.4 Å². The molecule has 0 bridgehead atoms. The van der Waals surface area contributed by atoms with E-state index in [9.17, 15) is 23.3 Å². The molecule has 0 spiro atoms. The summed E-state index contributed by atoms with van der Waals surface area (Å²) in [6.45, 7) is 0.546. The number of benzene rings is 2. The highest BCUT2D eigenvalue weighted by Gasteiger charge is 2.29. The maximum absolute atomic E-state index is 12.9. The number of amides is 1. The number of nitrogens with one attached hydrogen (secondary N) is 2. The average molecular weight is 461 g/mol. The SMILES string of the molecule is CN(C1CCCCC1)S(=O)(=O)c1ccc(C(=O)NCCNc2ccccc2[N+](=O)[O-])cc1. The van der Waals surface area contributed by atoms with Crippen LogP contribution < -0.4 is 10.6 Å². The molecule has 0 saturated heterocycles. The van der Waals surface area contributed by atoms with Crippen LogP contribution in [0.5, 0.6) is 0 Å². The fourth-order valence-corrected chi connectivity index (χ4v) is 5.26. The van der Waals surface area contributed by atoms with E-state index in [-0.39, 0.29) is 29.1 Å². The quantitative estimate of drug-likeness (QED) is 0.336. The van der Waals surface area contributed by atoms with Crippen LogP contribution in [0.15, 0.2) is 53.4 Å². The Morgan fingerprint density at radius 2 is 1.72 bits per heavy atom. The van der Waals surface area contributed by atoms with E-state index in [1.165, 1.54) is 34.6 Å². The molecular weight excluding hydrogens is 432 g/mol. The number of rotatable bonds is 9. The number of sulfonamides is 1. The van der Waals surface area contributed by atoms with Crippen LogP contribution in [-0.2, 0) is 10.0 Å². The molecule has 2 aromatic carbocycles. The molecule has 32 heavy (non-hydrogen) atoms. The number of hydrogen-bond acceptors (Lipinski definition) is 6. The predicted octanol–water partition coefficient (Wildman–Crippen LogP) is 3.39. The van der Waals surface area contributed by atoms with Gasteiger partial charge in [0, 0.05) is 37.8 Å². The second kappa shape index (κ2) is 10.6. The van der Waals surface area contributed by atoms with Gasteiger partial charge < -0.3 is 10.6 Å². The normalized spacial score (nSPS) is 14.8. The van der Waals surface area contributed by atoms with Gasteiger partial charge in [0.2, 0.25) is 10.0 Å². The Morgan fingerprint density at radius 3 is 2.38 bits per heavy atom. The smallest absolute Gasteiger partial charge is 0.292 e. The minimum atomic E-state index is -3.61. The summed E-state index contributed by atoms with van der Waals surface area (Å²) >= 11 is 0. The summed E-state index contributed by atoms with van der Waals surface area (Å²) in [6, 6.07) is 12.2. The zero-order valence-electron chi connectivity index (χ0n) is 18.0. The van der Waals surface area contributed by atoms with Crippen LogP contribution in [0.2, 0.25) is 0 Å². The second-order valence-corrected chi connectivity index (χ2v) is 9.79. The lowest BCUT2D eigenvalue weighted by Crippen LogP contribution is -2.38. The first-order chi connectivity index (χ1) is 15.3. The zero-order valence-corrected chi connectivity index (χ0v) is 18.8. The second-order valence-electron chi connectivity index (χ2n) is 7.79. The fourth-order valence-electron chi connectivity index (χ4n) is 3.84. The van der Waals surface area contributed by atoms with Crippen molar-refractivity contribution in [3.63, 3.8) is 0 Å². The Balaban J connectivity index is 1.54. The molecule has 1 aliphatic carbocycles. The van der Waals surface area contributed by atoms with E-state index in [4.69, 9.17) is 0 Å². The van der Waals surface area contributed by atoms with Crippen LogP contribution in [0, 0.1) is 10.1 Å². The van der Waals surface area contributed by atoms with Gasteiger partial charge in [0.25, 0.3) is 11.6 Å². The molecule has 1 amide bonds. The Bertz CT molecular complexity index is 1050. The highest BCUT2D eigenvalue weighted by molar-refractivity contribution is 7.89. The molecule has 9 nitrogen and oxygen atoms in total. The molecular formula is C22H28N4O5S. The Kier molecular flexibility index (Phi) is 7.81. The largest absolute Gasteiger partial charge is 0.378 e. The van der Waals surface area contributed by atoms with Gasteiger partial charge in [-0.05, 0) is 43.2 Å². The molecule has 0 unspecified atom stereocenters. The summed E-state index contributed by atoms with van der Waals surface area (Å²) in [5, 5.41) is 16.7. The number of anilines is 1. The van der Waals surface area contributed by atoms with Crippen molar-refractivity contribution in [3.05, 3.63) is 64.2 Å². The third kappa shape index (κ3) is 5.63. The number of hydrogen-bond donors (Lipinski definition) is 2. The lowest BCUT2D eigenvalue weighted by Gasteiger charge is -2.30. The summed E-state index contributed by atoms with van der Waals surface area (Å²) < 4.78 is 27.3. The maximum Gasteiger partial charge on any atom is 0.292 e. The van der Waals surface area contributed by atoms with E-state index in [0.29, 0.717) is 17.8 Å². The van der Waals surface area contributed by atoms with E-state index in [1.54, 1.807) is 25.2 Å². The van der Waals surface area contributed by atoms with Gasteiger partial charge in [-0.15, -0.1) is 0 Å². The Morgan fingerprint density at radius 1 is 1.06 bits per heavy atom. The predicted molar refractivity (Wildman–Crippen MR) is 122 cm³/mol. The van der Waals surface area contributed by atoms with Crippen LogP contribution in [0.1, 0.15) is 42.5 Å². The van der Waals surface area contributed by atoms with Crippen molar-refractivity contribution in [2.45, 2.75) is 43.0 Å². The van der Waals surface area contributed by atoms with Crippen LogP contribution in [-0.4, -0.2) is 49.7 Å². The third-order valence-electron chi connectivity index (χ3n) is 5.71. The first-order valence-electron chi connectivity index (χ1n) is 10.6. The molecule has 3 rings (SSSR count). The van der Waals surface area contributed by atoms with Crippen molar-refractivity contribution in [2.24, 2.45) is 0 Å². The number of nitrogens with zero attached hydrogens (tertiary/aromatic N) is 2. The third-order valence-corrected chi connectivity index (χ3v) is 7.63. The molecule has 1 saturated carbocycles. The molecule has 172 valence electrons. The van der Waals surface area contributed by atoms with E-state index in [1.807, 2.05) is 0 Å². The molecule has 2 N–H and O–H groups in total. The van der Waals surface area contributed by atoms with Crippen molar-refractivity contribution in [2.75, 3.05) is 25.5 Å². The number of nitro benzene ring substituents is 1. The fraction of sp³-hybridized carbons (Fsp3) is 0.409. The van der Waals surface area contributed by atoms with Crippen molar-refractivity contribution in [1.82, 2.24) is 9.62 Å². The van der Waals surface area contributed by atoms with Crippen molar-refractivity contribution in [3.8, 4) is 0 Å². The summed E-state index contributed by atoms with van der Waals surface area (Å²) in [5.41, 5.74) is 0.687. The van der Waals surface area contributed by atoms with E-state index in [0.717, 1.165) is 32.1 Å². The first-order valence-corrected chi connectivity index (χ1v) is 12.1. The monoisotopic (exact) mass is 460 g/mol. The number of carbonyl (C=O) groups is 1. The van der Waals surface area contributed by atoms with E-state index in [2.05, 4.69) is 10.6 Å². The van der Waals surface area contributed by atoms with Crippen LogP contribution in [0.4, 0.5) is 11.4 Å². The average Bonchev–Trinajstić information content (AvgIpc) is 2.82. The van der Waals surface area contributed by atoms with Crippen LogP contribution in [0.3, 0.4) is 0 Å². The summed E-state index contributed by atoms with van der Waals surface area (Å²) in [4.78, 5) is 23.1. The maximum atomic E-state index is 12.9. The van der Waals surface area contributed by atoms with Gasteiger partial charge in [0.15, 0.2) is 0 Å². The topological polar surface area (TPSA) is 122 Å². The van der Waals surface area contributed by atoms with E-state index >= 15 is 0 Å². The molecule has 0 atom stereocenters. The molecule has 1 fully saturated rings. The first kappa shape index (κ1) is 23.7. The minimum Gasteiger partial charge on any atom is -0.378 e. The lowest BCUT2D eigenvalue weighted by atomic mass is 9.96. The molecule has 0 aromatic heterocycles. The van der Waals surface area contributed by atoms with Gasteiger partial charge in [0.05, 0.1) is 9.82 Å². The van der Waals surface area contributed by atoms with Crippen molar-refractivity contribution in [1.29, 1.82) is 0 Å². The van der Waals surface area contributed by atoms with E-state index < -0.39 is 14.9 Å². The molecule has 1 aliphatic rings. The van der Waals surface area contributed by atoms with Gasteiger partial charge in [-0.2, -0.15) is 4.31 Å². The summed E-state index contributed by atoms with van der Waals surface area (Å²) in [7, 11) is -1.99. The van der Waals surface area contributed by atoms with Crippen LogP contribution in [0.25, 0.3) is 0 Å². The highest BCUT2D eigenvalue weighted by atomic mass is 32.2. The van der Waals surface area contributed by atoms with Gasteiger partial charge in [-0.3, -0.25) is 14.9 Å². The van der Waals surface area contributed by atoms with Crippen LogP contribution >= 0.6 is 0 Å². The molecule has 0 heterocycles. The zero-order chi connectivity index (χ0) is 23.1. The van der Waals surface area contributed by atoms with Gasteiger partial charge in [0.1, 0.15) is 5.69 Å². The highest BCUT2D eigenvalue weighted by Crippen LogP contribution is 2.26. The standard InChI is InChI=1S/C22H28N4O5S/c1-25(18-7-3-2-4-8-18)32(30,31)19-13-11-17(12-14-19)22(27)24-16-15-23-20-9-5-6-10-21(20)26(28)29/h5-6,9-14,18,23H,2-4,7-8,15-16H2,1H3,(H,24,27). The number of nitro groups is 1. The molecule has 0 aliphatic heterocycles. The number of para-hydroxylation sites is 2. The summed E-state index contributed by atoms with van der Waals surface area (Å²) in [5.74, 6) is -0.348. The number of carbonyl (C=O) groups excluding carboxylic acids is 1. The van der Waals surface area contributed by atoms with Gasteiger partial charge in [-0.25, -0.2) is 8.42 Å². The van der Waals surface area contributed by atoms with Gasteiger partial charge >= 0.3 is 0 Å². The molecule has 2 aromatic rings. The van der Waals surface area contributed by atoms with Crippen molar-refractivity contribution >= 4 is 27.3 Å². The molecule has 10 heteroatoms.